The first-order chi connectivity index (χ1) is 12.0. The lowest BCUT2D eigenvalue weighted by Crippen LogP contribution is -2.52. The van der Waals surface area contributed by atoms with E-state index in [1.54, 1.807) is 17.4 Å². The Kier molecular flexibility index (Phi) is 4.13. The van der Waals surface area contributed by atoms with Gasteiger partial charge in [0.2, 0.25) is 5.91 Å². The molecule has 0 atom stereocenters. The average Bonchev–Trinajstić information content (AvgIpc) is 2.92. The molecule has 0 saturated carbocycles. The molecule has 0 bridgehead atoms. The Morgan fingerprint density at radius 1 is 1.24 bits per heavy atom. The van der Waals surface area contributed by atoms with Crippen LogP contribution in [-0.4, -0.2) is 24.0 Å². The normalized spacial score (nSPS) is 14.6. The molecule has 1 saturated heterocycles. The van der Waals surface area contributed by atoms with Crippen molar-refractivity contribution >= 4 is 49.9 Å². The van der Waals surface area contributed by atoms with E-state index in [9.17, 15) is 4.79 Å². The number of hydrogen-bond acceptors (Lipinski definition) is 4. The van der Waals surface area contributed by atoms with Crippen molar-refractivity contribution in [3.8, 4) is 0 Å². The Morgan fingerprint density at radius 3 is 2.80 bits per heavy atom. The van der Waals surface area contributed by atoms with Crippen LogP contribution < -0.4 is 10.2 Å². The van der Waals surface area contributed by atoms with Crippen LogP contribution in [0.5, 0.6) is 0 Å². The standard InChI is InChI=1S/C19H18ClN3OS/c1-11-3-6-16-17(7-11)25-19(22-16)23-9-13(10-23)18(24)21-14-5-4-12(2)15(20)8-14/h3-8,13H,9-10H2,1-2H3,(H,21,24). The van der Waals surface area contributed by atoms with Crippen molar-refractivity contribution < 1.29 is 4.79 Å². The minimum Gasteiger partial charge on any atom is -0.346 e. The Bertz CT molecular complexity index is 962. The lowest BCUT2D eigenvalue weighted by atomic mass is 10.00. The molecule has 128 valence electrons. The number of thiazole rings is 1. The number of carbonyl (C=O) groups is 1. The van der Waals surface area contributed by atoms with Crippen LogP contribution in [-0.2, 0) is 4.79 Å². The van der Waals surface area contributed by atoms with E-state index in [0.717, 1.165) is 21.9 Å². The molecule has 1 fully saturated rings. The van der Waals surface area contributed by atoms with Gasteiger partial charge in [0.05, 0.1) is 16.1 Å². The van der Waals surface area contributed by atoms with Gasteiger partial charge in [-0.15, -0.1) is 0 Å². The van der Waals surface area contributed by atoms with Crippen molar-refractivity contribution in [1.29, 1.82) is 0 Å². The minimum absolute atomic E-state index is 0.0196. The highest BCUT2D eigenvalue weighted by atomic mass is 35.5. The van der Waals surface area contributed by atoms with E-state index in [1.807, 2.05) is 19.1 Å². The highest BCUT2D eigenvalue weighted by Gasteiger charge is 2.34. The SMILES string of the molecule is Cc1ccc2nc(N3CC(C(=O)Nc4ccc(C)c(Cl)c4)C3)sc2c1. The zero-order chi connectivity index (χ0) is 17.6. The molecule has 0 unspecified atom stereocenters. The van der Waals surface area contributed by atoms with Crippen molar-refractivity contribution in [2.75, 3.05) is 23.3 Å². The summed E-state index contributed by atoms with van der Waals surface area (Å²) in [7, 11) is 0. The van der Waals surface area contributed by atoms with Crippen molar-refractivity contribution in [3.05, 3.63) is 52.5 Å². The van der Waals surface area contributed by atoms with Gasteiger partial charge in [0.25, 0.3) is 0 Å². The smallest absolute Gasteiger partial charge is 0.231 e. The van der Waals surface area contributed by atoms with Gasteiger partial charge in [0.1, 0.15) is 0 Å². The molecule has 6 heteroatoms. The first-order valence-electron chi connectivity index (χ1n) is 8.19. The van der Waals surface area contributed by atoms with Gasteiger partial charge in [0, 0.05) is 23.8 Å². The Labute approximate surface area is 155 Å². The number of carbonyl (C=O) groups excluding carboxylic acids is 1. The molecule has 1 aliphatic heterocycles. The number of fused-ring (bicyclic) bond motifs is 1. The zero-order valence-electron chi connectivity index (χ0n) is 14.0. The monoisotopic (exact) mass is 371 g/mol. The molecule has 2 heterocycles. The highest BCUT2D eigenvalue weighted by Crippen LogP contribution is 2.33. The van der Waals surface area contributed by atoms with Gasteiger partial charge < -0.3 is 10.2 Å². The Hall–Kier alpha value is -2.11. The number of halogens is 1. The first kappa shape index (κ1) is 16.4. The molecule has 1 N–H and O–H groups in total. The molecule has 0 spiro atoms. The maximum atomic E-state index is 12.4. The maximum Gasteiger partial charge on any atom is 0.231 e. The van der Waals surface area contributed by atoms with Crippen LogP contribution in [0.1, 0.15) is 11.1 Å². The molecular formula is C19H18ClN3OS. The van der Waals surface area contributed by atoms with Gasteiger partial charge in [-0.25, -0.2) is 4.98 Å². The number of benzene rings is 2. The number of nitrogens with zero attached hydrogens (tertiary/aromatic N) is 2. The van der Waals surface area contributed by atoms with E-state index < -0.39 is 0 Å². The summed E-state index contributed by atoms with van der Waals surface area (Å²) in [6, 6.07) is 11.9. The molecule has 4 rings (SSSR count). The minimum atomic E-state index is -0.0196. The number of nitrogens with one attached hydrogen (secondary N) is 1. The van der Waals surface area contributed by atoms with Crippen LogP contribution in [0.2, 0.25) is 5.02 Å². The van der Waals surface area contributed by atoms with E-state index in [2.05, 4.69) is 40.3 Å². The maximum absolute atomic E-state index is 12.4. The molecule has 1 aromatic heterocycles. The number of aryl methyl sites for hydroxylation is 2. The lowest BCUT2D eigenvalue weighted by molar-refractivity contribution is -0.120. The second kappa shape index (κ2) is 6.32. The topological polar surface area (TPSA) is 45.2 Å². The predicted molar refractivity (Wildman–Crippen MR) is 105 cm³/mol. The third-order valence-electron chi connectivity index (χ3n) is 4.49. The average molecular weight is 372 g/mol. The van der Waals surface area contributed by atoms with Crippen LogP contribution in [0.3, 0.4) is 0 Å². The quantitative estimate of drug-likeness (QED) is 0.729. The fourth-order valence-corrected chi connectivity index (χ4v) is 4.13. The number of aromatic nitrogens is 1. The molecule has 1 amide bonds. The Morgan fingerprint density at radius 2 is 2.04 bits per heavy atom. The van der Waals surface area contributed by atoms with Crippen molar-refractivity contribution in [2.24, 2.45) is 5.92 Å². The molecule has 4 nitrogen and oxygen atoms in total. The summed E-state index contributed by atoms with van der Waals surface area (Å²) < 4.78 is 1.19. The van der Waals surface area contributed by atoms with Crippen LogP contribution in [0, 0.1) is 19.8 Å². The summed E-state index contributed by atoms with van der Waals surface area (Å²) in [4.78, 5) is 19.2. The molecule has 1 aliphatic rings. The van der Waals surface area contributed by atoms with Crippen LogP contribution >= 0.6 is 22.9 Å². The van der Waals surface area contributed by atoms with Crippen LogP contribution in [0.25, 0.3) is 10.2 Å². The van der Waals surface area contributed by atoms with E-state index in [4.69, 9.17) is 11.6 Å². The number of rotatable bonds is 3. The highest BCUT2D eigenvalue weighted by molar-refractivity contribution is 7.22. The van der Waals surface area contributed by atoms with Gasteiger partial charge in [-0.05, 0) is 49.2 Å². The van der Waals surface area contributed by atoms with Gasteiger partial charge in [-0.3, -0.25) is 4.79 Å². The first-order valence-corrected chi connectivity index (χ1v) is 9.38. The number of anilines is 2. The van der Waals surface area contributed by atoms with Crippen LogP contribution in [0.4, 0.5) is 10.8 Å². The van der Waals surface area contributed by atoms with E-state index in [-0.39, 0.29) is 11.8 Å². The van der Waals surface area contributed by atoms with Gasteiger partial charge in [0.15, 0.2) is 5.13 Å². The Balaban J connectivity index is 1.40. The molecule has 0 aliphatic carbocycles. The lowest BCUT2D eigenvalue weighted by Gasteiger charge is -2.37. The van der Waals surface area contributed by atoms with Crippen molar-refractivity contribution in [3.63, 3.8) is 0 Å². The summed E-state index contributed by atoms with van der Waals surface area (Å²) in [5.41, 5.74) is 4.00. The number of amides is 1. The molecule has 0 radical (unpaired) electrons. The van der Waals surface area contributed by atoms with Crippen molar-refractivity contribution in [2.45, 2.75) is 13.8 Å². The third kappa shape index (κ3) is 3.22. The van der Waals surface area contributed by atoms with Gasteiger partial charge in [-0.2, -0.15) is 0 Å². The van der Waals surface area contributed by atoms with Crippen molar-refractivity contribution in [1.82, 2.24) is 4.98 Å². The zero-order valence-corrected chi connectivity index (χ0v) is 15.6. The fourth-order valence-electron chi connectivity index (χ4n) is 2.87. The third-order valence-corrected chi connectivity index (χ3v) is 5.98. The van der Waals surface area contributed by atoms with Gasteiger partial charge in [-0.1, -0.05) is 35.1 Å². The predicted octanol–water partition coefficient (Wildman–Crippen LogP) is 4.64. The molecule has 3 aromatic rings. The summed E-state index contributed by atoms with van der Waals surface area (Å²) in [6.07, 6.45) is 0. The molecule has 2 aromatic carbocycles. The summed E-state index contributed by atoms with van der Waals surface area (Å²) in [5.74, 6) is 0.0157. The van der Waals surface area contributed by atoms with E-state index >= 15 is 0 Å². The molecule has 25 heavy (non-hydrogen) atoms. The van der Waals surface area contributed by atoms with Gasteiger partial charge >= 0.3 is 0 Å². The fraction of sp³-hybridized carbons (Fsp3) is 0.263. The number of hydrogen-bond donors (Lipinski definition) is 1. The van der Waals surface area contributed by atoms with E-state index in [0.29, 0.717) is 18.1 Å². The largest absolute Gasteiger partial charge is 0.346 e. The second-order valence-electron chi connectivity index (χ2n) is 6.52. The summed E-state index contributed by atoms with van der Waals surface area (Å²) in [5, 5.41) is 4.60. The summed E-state index contributed by atoms with van der Waals surface area (Å²) in [6.45, 7) is 5.42. The van der Waals surface area contributed by atoms with Crippen LogP contribution in [0.15, 0.2) is 36.4 Å². The summed E-state index contributed by atoms with van der Waals surface area (Å²) >= 11 is 7.79. The molecular weight excluding hydrogens is 354 g/mol. The second-order valence-corrected chi connectivity index (χ2v) is 7.94. The van der Waals surface area contributed by atoms with E-state index in [1.165, 1.54) is 10.3 Å².